The van der Waals surface area contributed by atoms with Crippen LogP contribution in [0.1, 0.15) is 44.7 Å². The Morgan fingerprint density at radius 1 is 1.16 bits per heavy atom. The van der Waals surface area contributed by atoms with Crippen molar-refractivity contribution < 1.29 is 9.84 Å². The fourth-order valence-corrected chi connectivity index (χ4v) is 1.88. The van der Waals surface area contributed by atoms with Crippen LogP contribution in [0.4, 0.5) is 0 Å². The van der Waals surface area contributed by atoms with E-state index in [-0.39, 0.29) is 6.61 Å². The molecule has 0 heterocycles. The van der Waals surface area contributed by atoms with Crippen LogP contribution in [0.2, 0.25) is 0 Å². The highest BCUT2D eigenvalue weighted by atomic mass is 16.5. The molecule has 0 bridgehead atoms. The van der Waals surface area contributed by atoms with Gasteiger partial charge in [0.25, 0.3) is 0 Å². The van der Waals surface area contributed by atoms with Crippen molar-refractivity contribution in [3.8, 4) is 11.8 Å². The Morgan fingerprint density at radius 3 is 2.42 bits per heavy atom. The number of rotatable bonds is 6. The van der Waals surface area contributed by atoms with E-state index in [0.29, 0.717) is 25.0 Å². The first kappa shape index (κ1) is 15.8. The van der Waals surface area contributed by atoms with Gasteiger partial charge in [-0.2, -0.15) is 0 Å². The van der Waals surface area contributed by atoms with Crippen molar-refractivity contribution >= 4 is 0 Å². The monoisotopic (exact) mass is 260 g/mol. The van der Waals surface area contributed by atoms with Gasteiger partial charge in [0.05, 0.1) is 19.3 Å². The zero-order valence-electron chi connectivity index (χ0n) is 12.1. The molecule has 0 aliphatic carbocycles. The van der Waals surface area contributed by atoms with Gasteiger partial charge in [0.15, 0.2) is 0 Å². The van der Waals surface area contributed by atoms with Crippen LogP contribution in [-0.4, -0.2) is 17.8 Å². The Hall–Kier alpha value is -1.30. The summed E-state index contributed by atoms with van der Waals surface area (Å²) in [6, 6.07) is 8.09. The molecule has 2 heteroatoms. The van der Waals surface area contributed by atoms with E-state index < -0.39 is 0 Å². The Kier molecular flexibility index (Phi) is 7.25. The fourth-order valence-electron chi connectivity index (χ4n) is 1.88. The quantitative estimate of drug-likeness (QED) is 0.795. The van der Waals surface area contributed by atoms with Crippen molar-refractivity contribution in [2.24, 2.45) is 5.92 Å². The average Bonchev–Trinajstić information content (AvgIpc) is 2.37. The molecule has 0 amide bonds. The third-order valence-corrected chi connectivity index (χ3v) is 2.76. The normalized spacial score (nSPS) is 12.1. The average molecular weight is 260 g/mol. The van der Waals surface area contributed by atoms with Crippen LogP contribution >= 0.6 is 0 Å². The van der Waals surface area contributed by atoms with Crippen molar-refractivity contribution in [3.63, 3.8) is 0 Å². The SMILES string of the molecule is CC(C)CC(C)OCc1ccc(C#CCCO)cc1. The van der Waals surface area contributed by atoms with Gasteiger partial charge in [-0.15, -0.1) is 0 Å². The predicted molar refractivity (Wildman–Crippen MR) is 78.7 cm³/mol. The molecule has 1 atom stereocenters. The maximum absolute atomic E-state index is 8.65. The summed E-state index contributed by atoms with van der Waals surface area (Å²) >= 11 is 0. The van der Waals surface area contributed by atoms with E-state index in [1.165, 1.54) is 5.56 Å². The van der Waals surface area contributed by atoms with Crippen LogP contribution in [0.15, 0.2) is 24.3 Å². The highest BCUT2D eigenvalue weighted by molar-refractivity contribution is 5.35. The minimum absolute atomic E-state index is 0.118. The van der Waals surface area contributed by atoms with Crippen LogP contribution in [0, 0.1) is 17.8 Å². The summed E-state index contributed by atoms with van der Waals surface area (Å²) in [6.07, 6.45) is 1.91. The number of hydrogen-bond donors (Lipinski definition) is 1. The third kappa shape index (κ3) is 7.00. The van der Waals surface area contributed by atoms with E-state index in [0.717, 1.165) is 12.0 Å². The van der Waals surface area contributed by atoms with E-state index >= 15 is 0 Å². The summed E-state index contributed by atoms with van der Waals surface area (Å²) in [6.45, 7) is 7.30. The van der Waals surface area contributed by atoms with E-state index in [2.05, 4.69) is 32.6 Å². The van der Waals surface area contributed by atoms with Gasteiger partial charge >= 0.3 is 0 Å². The molecule has 1 aromatic rings. The number of benzene rings is 1. The van der Waals surface area contributed by atoms with Gasteiger partial charge in [0.1, 0.15) is 0 Å². The molecule has 1 rings (SSSR count). The van der Waals surface area contributed by atoms with Crippen molar-refractivity contribution in [3.05, 3.63) is 35.4 Å². The Bertz CT molecular complexity index is 409. The zero-order valence-corrected chi connectivity index (χ0v) is 12.1. The molecule has 0 fully saturated rings. The Balaban J connectivity index is 2.42. The molecule has 1 unspecified atom stereocenters. The van der Waals surface area contributed by atoms with E-state index in [9.17, 15) is 0 Å². The first-order chi connectivity index (χ1) is 9.11. The lowest BCUT2D eigenvalue weighted by Gasteiger charge is -2.15. The summed E-state index contributed by atoms with van der Waals surface area (Å²) in [5, 5.41) is 8.65. The van der Waals surface area contributed by atoms with Gasteiger partial charge in [-0.25, -0.2) is 0 Å². The smallest absolute Gasteiger partial charge is 0.0720 e. The van der Waals surface area contributed by atoms with E-state index in [4.69, 9.17) is 9.84 Å². The fraction of sp³-hybridized carbons (Fsp3) is 0.529. The molecule has 0 spiro atoms. The standard InChI is InChI=1S/C17H24O2/c1-14(2)12-15(3)19-13-17-9-7-16(8-10-17)6-4-5-11-18/h7-10,14-15,18H,5,11-13H2,1-3H3. The lowest BCUT2D eigenvalue weighted by Crippen LogP contribution is -2.11. The number of hydrogen-bond acceptors (Lipinski definition) is 2. The molecule has 19 heavy (non-hydrogen) atoms. The molecule has 2 nitrogen and oxygen atoms in total. The summed E-state index contributed by atoms with van der Waals surface area (Å²) in [4.78, 5) is 0. The highest BCUT2D eigenvalue weighted by Gasteiger charge is 2.05. The van der Waals surface area contributed by atoms with Gasteiger partial charge in [-0.3, -0.25) is 0 Å². The maximum Gasteiger partial charge on any atom is 0.0720 e. The first-order valence-corrected chi connectivity index (χ1v) is 6.92. The largest absolute Gasteiger partial charge is 0.395 e. The third-order valence-electron chi connectivity index (χ3n) is 2.76. The molecule has 1 N–H and O–H groups in total. The van der Waals surface area contributed by atoms with Gasteiger partial charge in [0.2, 0.25) is 0 Å². The van der Waals surface area contributed by atoms with Crippen molar-refractivity contribution in [2.75, 3.05) is 6.61 Å². The topological polar surface area (TPSA) is 29.5 Å². The molecule has 0 radical (unpaired) electrons. The number of ether oxygens (including phenoxy) is 1. The highest BCUT2D eigenvalue weighted by Crippen LogP contribution is 2.11. The lowest BCUT2D eigenvalue weighted by molar-refractivity contribution is 0.0397. The van der Waals surface area contributed by atoms with Crippen LogP contribution in [0.3, 0.4) is 0 Å². The molecular formula is C17H24O2. The summed E-state index contributed by atoms with van der Waals surface area (Å²) in [7, 11) is 0. The summed E-state index contributed by atoms with van der Waals surface area (Å²) < 4.78 is 5.81. The molecule has 0 aromatic heterocycles. The second-order valence-corrected chi connectivity index (χ2v) is 5.22. The molecule has 0 aliphatic heterocycles. The van der Waals surface area contributed by atoms with E-state index in [1.54, 1.807) is 0 Å². The molecule has 0 saturated heterocycles. The first-order valence-electron chi connectivity index (χ1n) is 6.92. The molecule has 0 saturated carbocycles. The summed E-state index contributed by atoms with van der Waals surface area (Å²) in [5.41, 5.74) is 2.15. The minimum atomic E-state index is 0.118. The Morgan fingerprint density at radius 2 is 1.84 bits per heavy atom. The van der Waals surface area contributed by atoms with Gasteiger partial charge in [-0.1, -0.05) is 37.8 Å². The van der Waals surface area contributed by atoms with Crippen LogP contribution < -0.4 is 0 Å². The van der Waals surface area contributed by atoms with Gasteiger partial charge in [0, 0.05) is 12.0 Å². The second-order valence-electron chi connectivity index (χ2n) is 5.22. The molecular weight excluding hydrogens is 236 g/mol. The van der Waals surface area contributed by atoms with Gasteiger partial charge < -0.3 is 9.84 Å². The molecule has 1 aromatic carbocycles. The summed E-state index contributed by atoms with van der Waals surface area (Å²) in [5.74, 6) is 6.59. The van der Waals surface area contributed by atoms with E-state index in [1.807, 2.05) is 24.3 Å². The van der Waals surface area contributed by atoms with Crippen molar-refractivity contribution in [1.29, 1.82) is 0 Å². The Labute approximate surface area is 116 Å². The zero-order chi connectivity index (χ0) is 14.1. The van der Waals surface area contributed by atoms with Crippen LogP contribution in [0.25, 0.3) is 0 Å². The maximum atomic E-state index is 8.65. The van der Waals surface area contributed by atoms with Crippen LogP contribution in [0.5, 0.6) is 0 Å². The predicted octanol–water partition coefficient (Wildman–Crippen LogP) is 3.37. The van der Waals surface area contributed by atoms with Crippen molar-refractivity contribution in [2.45, 2.75) is 46.3 Å². The lowest BCUT2D eigenvalue weighted by atomic mass is 10.1. The molecule has 104 valence electrons. The van der Waals surface area contributed by atoms with Gasteiger partial charge in [-0.05, 0) is 37.0 Å². The molecule has 0 aliphatic rings. The van der Waals surface area contributed by atoms with Crippen molar-refractivity contribution in [1.82, 2.24) is 0 Å². The minimum Gasteiger partial charge on any atom is -0.395 e. The van der Waals surface area contributed by atoms with Crippen LogP contribution in [-0.2, 0) is 11.3 Å². The number of aliphatic hydroxyl groups is 1. The second kappa shape index (κ2) is 8.74. The number of aliphatic hydroxyl groups excluding tert-OH is 1.